The van der Waals surface area contributed by atoms with E-state index in [1.165, 1.54) is 24.6 Å². The van der Waals surface area contributed by atoms with Crippen LogP contribution in [0, 0.1) is 11.7 Å². The summed E-state index contributed by atoms with van der Waals surface area (Å²) >= 11 is 1.86. The van der Waals surface area contributed by atoms with Crippen LogP contribution < -0.4 is 11.1 Å². The first-order valence-electron chi connectivity index (χ1n) is 6.91. The monoisotopic (exact) mass is 298 g/mol. The fraction of sp³-hybridized carbons (Fsp3) is 0.533. The molecular weight excluding hydrogens is 275 g/mol. The number of anilines is 2. The minimum absolute atomic E-state index is 0.155. The van der Waals surface area contributed by atoms with Crippen molar-refractivity contribution in [1.29, 1.82) is 0 Å². The number of benzene rings is 1. The molecule has 0 aliphatic heterocycles. The van der Waals surface area contributed by atoms with Gasteiger partial charge in [-0.2, -0.15) is 11.8 Å². The Morgan fingerprint density at radius 1 is 1.40 bits per heavy atom. The number of carbonyl (C=O) groups excluding carboxylic acids is 1. The van der Waals surface area contributed by atoms with E-state index in [0.29, 0.717) is 12.1 Å². The first-order valence-corrected chi connectivity index (χ1v) is 8.07. The normalized spacial score (nSPS) is 10.8. The van der Waals surface area contributed by atoms with Crippen LogP contribution >= 0.6 is 11.8 Å². The summed E-state index contributed by atoms with van der Waals surface area (Å²) in [4.78, 5) is 11.7. The summed E-state index contributed by atoms with van der Waals surface area (Å²) in [5, 5.41) is 2.56. The Kier molecular flexibility index (Phi) is 7.44. The Balaban J connectivity index is 2.22. The van der Waals surface area contributed by atoms with E-state index in [9.17, 15) is 9.18 Å². The van der Waals surface area contributed by atoms with Crippen LogP contribution in [-0.2, 0) is 4.79 Å². The lowest BCUT2D eigenvalue weighted by molar-refractivity contribution is -0.116. The first kappa shape index (κ1) is 16.8. The Hall–Kier alpha value is -1.23. The molecule has 0 aliphatic carbocycles. The number of amides is 1. The molecule has 1 amide bonds. The summed E-state index contributed by atoms with van der Waals surface area (Å²) in [6.07, 6.45) is 2.41. The van der Waals surface area contributed by atoms with Crippen molar-refractivity contribution < 1.29 is 9.18 Å². The van der Waals surface area contributed by atoms with Crippen LogP contribution in [0.4, 0.5) is 15.8 Å². The first-order chi connectivity index (χ1) is 9.49. The number of halogens is 1. The average Bonchev–Trinajstić information content (AvgIpc) is 2.37. The molecule has 0 saturated carbocycles. The van der Waals surface area contributed by atoms with Crippen LogP contribution in [0.1, 0.15) is 33.1 Å². The number of thioether (sulfide) groups is 1. The van der Waals surface area contributed by atoms with Gasteiger partial charge in [-0.05, 0) is 48.5 Å². The van der Waals surface area contributed by atoms with Crippen LogP contribution in [0.2, 0.25) is 0 Å². The molecule has 0 saturated heterocycles. The molecule has 20 heavy (non-hydrogen) atoms. The predicted molar refractivity (Wildman–Crippen MR) is 85.5 cm³/mol. The van der Waals surface area contributed by atoms with Gasteiger partial charge >= 0.3 is 0 Å². The summed E-state index contributed by atoms with van der Waals surface area (Å²) in [6.45, 7) is 4.40. The standard InChI is InChI=1S/C15H23FN2OS/c1-11(2)7-9-20-8-3-4-15(19)18-14-10-12(17)5-6-13(14)16/h5-6,10-11H,3-4,7-9,17H2,1-2H3,(H,18,19). The van der Waals surface area contributed by atoms with E-state index in [4.69, 9.17) is 5.73 Å². The fourth-order valence-electron chi connectivity index (χ4n) is 1.61. The van der Waals surface area contributed by atoms with E-state index in [0.717, 1.165) is 23.8 Å². The topological polar surface area (TPSA) is 55.1 Å². The molecular formula is C15H23FN2OS. The molecule has 1 aromatic rings. The van der Waals surface area contributed by atoms with Gasteiger partial charge in [0.05, 0.1) is 5.69 Å². The molecule has 0 heterocycles. The average molecular weight is 298 g/mol. The van der Waals surface area contributed by atoms with Gasteiger partial charge < -0.3 is 11.1 Å². The van der Waals surface area contributed by atoms with Gasteiger partial charge in [-0.1, -0.05) is 13.8 Å². The lowest BCUT2D eigenvalue weighted by Crippen LogP contribution is -2.13. The number of nitrogens with two attached hydrogens (primary N) is 1. The van der Waals surface area contributed by atoms with Gasteiger partial charge in [0.25, 0.3) is 0 Å². The molecule has 1 rings (SSSR count). The summed E-state index contributed by atoms with van der Waals surface area (Å²) in [5.41, 5.74) is 6.15. The molecule has 0 spiro atoms. The predicted octanol–water partition coefficient (Wildman–Crippen LogP) is 3.91. The van der Waals surface area contributed by atoms with Gasteiger partial charge in [-0.25, -0.2) is 4.39 Å². The fourth-order valence-corrected chi connectivity index (χ4v) is 2.80. The summed E-state index contributed by atoms with van der Waals surface area (Å²) in [6, 6.07) is 4.16. The molecule has 0 bridgehead atoms. The van der Waals surface area contributed by atoms with Crippen LogP contribution in [0.15, 0.2) is 18.2 Å². The highest BCUT2D eigenvalue weighted by molar-refractivity contribution is 7.99. The van der Waals surface area contributed by atoms with Crippen molar-refractivity contribution >= 4 is 29.0 Å². The van der Waals surface area contributed by atoms with Gasteiger partial charge in [0.1, 0.15) is 5.82 Å². The third-order valence-electron chi connectivity index (χ3n) is 2.80. The van der Waals surface area contributed by atoms with E-state index in [-0.39, 0.29) is 11.6 Å². The zero-order chi connectivity index (χ0) is 15.0. The van der Waals surface area contributed by atoms with Gasteiger partial charge in [0.15, 0.2) is 0 Å². The van der Waals surface area contributed by atoms with Crippen molar-refractivity contribution in [3.8, 4) is 0 Å². The molecule has 0 unspecified atom stereocenters. The lowest BCUT2D eigenvalue weighted by atomic mass is 10.2. The Labute approximate surface area is 124 Å². The Morgan fingerprint density at radius 2 is 2.15 bits per heavy atom. The SMILES string of the molecule is CC(C)CCSCCCC(=O)Nc1cc(N)ccc1F. The van der Waals surface area contributed by atoms with E-state index in [1.54, 1.807) is 0 Å². The second-order valence-electron chi connectivity index (χ2n) is 5.19. The maximum absolute atomic E-state index is 13.4. The number of nitrogen functional groups attached to an aromatic ring is 1. The zero-order valence-corrected chi connectivity index (χ0v) is 12.9. The van der Waals surface area contributed by atoms with Crippen LogP contribution in [0.5, 0.6) is 0 Å². The molecule has 0 fully saturated rings. The third kappa shape index (κ3) is 6.80. The summed E-state index contributed by atoms with van der Waals surface area (Å²) in [5.74, 6) is 2.18. The number of rotatable bonds is 8. The van der Waals surface area contributed by atoms with E-state index in [2.05, 4.69) is 19.2 Å². The number of nitrogens with one attached hydrogen (secondary N) is 1. The molecule has 0 atom stereocenters. The van der Waals surface area contributed by atoms with Crippen molar-refractivity contribution in [3.63, 3.8) is 0 Å². The Morgan fingerprint density at radius 3 is 2.85 bits per heavy atom. The molecule has 112 valence electrons. The third-order valence-corrected chi connectivity index (χ3v) is 3.90. The zero-order valence-electron chi connectivity index (χ0n) is 12.1. The molecule has 5 heteroatoms. The lowest BCUT2D eigenvalue weighted by Gasteiger charge is -2.07. The van der Waals surface area contributed by atoms with Gasteiger partial charge in [-0.3, -0.25) is 4.79 Å². The quantitative estimate of drug-likeness (QED) is 0.565. The van der Waals surface area contributed by atoms with Gasteiger partial charge in [-0.15, -0.1) is 0 Å². The van der Waals surface area contributed by atoms with Crippen molar-refractivity contribution in [2.24, 2.45) is 5.92 Å². The van der Waals surface area contributed by atoms with Crippen LogP contribution in [0.3, 0.4) is 0 Å². The summed E-state index contributed by atoms with van der Waals surface area (Å²) < 4.78 is 13.4. The van der Waals surface area contributed by atoms with E-state index >= 15 is 0 Å². The molecule has 3 N–H and O–H groups in total. The second kappa shape index (κ2) is 8.84. The number of hydrogen-bond acceptors (Lipinski definition) is 3. The Bertz CT molecular complexity index is 438. The maximum atomic E-state index is 13.4. The highest BCUT2D eigenvalue weighted by atomic mass is 32.2. The van der Waals surface area contributed by atoms with Crippen LogP contribution in [0.25, 0.3) is 0 Å². The smallest absolute Gasteiger partial charge is 0.224 e. The molecule has 0 aromatic heterocycles. The highest BCUT2D eigenvalue weighted by Gasteiger charge is 2.07. The van der Waals surface area contributed by atoms with Gasteiger partial charge in [0.2, 0.25) is 5.91 Å². The van der Waals surface area contributed by atoms with E-state index in [1.807, 2.05) is 11.8 Å². The van der Waals surface area contributed by atoms with Crippen molar-refractivity contribution in [2.75, 3.05) is 22.6 Å². The molecule has 3 nitrogen and oxygen atoms in total. The van der Waals surface area contributed by atoms with Crippen molar-refractivity contribution in [2.45, 2.75) is 33.1 Å². The highest BCUT2D eigenvalue weighted by Crippen LogP contribution is 2.18. The van der Waals surface area contributed by atoms with Gasteiger partial charge in [0, 0.05) is 12.1 Å². The second-order valence-corrected chi connectivity index (χ2v) is 6.41. The molecule has 0 radical (unpaired) electrons. The minimum atomic E-state index is -0.459. The van der Waals surface area contributed by atoms with Crippen LogP contribution in [-0.4, -0.2) is 17.4 Å². The van der Waals surface area contributed by atoms with Crippen molar-refractivity contribution in [1.82, 2.24) is 0 Å². The summed E-state index contributed by atoms with van der Waals surface area (Å²) in [7, 11) is 0. The molecule has 0 aliphatic rings. The van der Waals surface area contributed by atoms with E-state index < -0.39 is 5.82 Å². The minimum Gasteiger partial charge on any atom is -0.399 e. The largest absolute Gasteiger partial charge is 0.399 e. The molecule has 1 aromatic carbocycles. The maximum Gasteiger partial charge on any atom is 0.224 e. The number of hydrogen-bond donors (Lipinski definition) is 2. The van der Waals surface area contributed by atoms with Crippen molar-refractivity contribution in [3.05, 3.63) is 24.0 Å². The number of carbonyl (C=O) groups is 1.